The van der Waals surface area contributed by atoms with E-state index < -0.39 is 5.91 Å². The van der Waals surface area contributed by atoms with E-state index in [0.29, 0.717) is 40.8 Å². The molecule has 242 valence electrons. The van der Waals surface area contributed by atoms with E-state index in [-0.39, 0.29) is 18.4 Å². The Bertz CT molecular complexity index is 2070. The van der Waals surface area contributed by atoms with Crippen molar-refractivity contribution < 1.29 is 14.4 Å². The summed E-state index contributed by atoms with van der Waals surface area (Å²) in [6.07, 6.45) is 10.7. The minimum atomic E-state index is -0.408. The van der Waals surface area contributed by atoms with E-state index in [2.05, 4.69) is 42.6 Å². The van der Waals surface area contributed by atoms with Crippen molar-refractivity contribution in [2.45, 2.75) is 0 Å². The number of pyridine rings is 1. The molecule has 5 rings (SSSR count). The van der Waals surface area contributed by atoms with Crippen molar-refractivity contribution in [2.24, 2.45) is 19.1 Å². The van der Waals surface area contributed by atoms with Crippen LogP contribution in [0.1, 0.15) is 42.5 Å². The number of anilines is 2. The summed E-state index contributed by atoms with van der Waals surface area (Å²) < 4.78 is 3.21. The Morgan fingerprint density at radius 2 is 1.44 bits per heavy atom. The van der Waals surface area contributed by atoms with Gasteiger partial charge in [-0.2, -0.15) is 5.26 Å². The lowest BCUT2D eigenvalue weighted by atomic mass is 10.1. The van der Waals surface area contributed by atoms with Crippen LogP contribution in [0.5, 0.6) is 0 Å². The van der Waals surface area contributed by atoms with Gasteiger partial charge in [0.2, 0.25) is 12.2 Å². The van der Waals surface area contributed by atoms with Crippen LogP contribution in [0.4, 0.5) is 11.4 Å². The smallest absolute Gasteiger partial charge is 0.272 e. The molecule has 48 heavy (non-hydrogen) atoms. The van der Waals surface area contributed by atoms with Gasteiger partial charge in [-0.1, -0.05) is 42.5 Å². The fourth-order valence-corrected chi connectivity index (χ4v) is 4.91. The second-order valence-electron chi connectivity index (χ2n) is 10.8. The first-order valence-electron chi connectivity index (χ1n) is 15.0. The number of rotatable bonds is 10. The number of benzene rings is 2. The molecule has 0 spiro atoms. The first-order valence-corrected chi connectivity index (χ1v) is 15.0. The largest absolute Gasteiger partial charge is 0.359 e. The van der Waals surface area contributed by atoms with Gasteiger partial charge in [0.25, 0.3) is 17.7 Å². The summed E-state index contributed by atoms with van der Waals surface area (Å²) in [7, 11) is 5.03. The zero-order chi connectivity index (χ0) is 34.0. The molecule has 3 amide bonds. The van der Waals surface area contributed by atoms with Gasteiger partial charge in [-0.15, -0.1) is 4.99 Å². The predicted octanol–water partition coefficient (Wildman–Crippen LogP) is 3.96. The normalized spacial score (nSPS) is 11.2. The standard InChI is InChI=1S/C35H34N10O3/c1-37-35(41-22-36)39-15-14-38-33(47)30-17-28(21-44(30)2)43-34(48)31-18-27(20-45(31)3)42-32(46)25-12-10-23(11-13-25)8-9-24-16-26-6-4-5-7-29(26)40-19-24/h4-13,16-21H,14-15H2,1-3H3,(H,38,47)(H,42,46)(H,43,48)(H2,37,39,41)/b9-8+. The molecule has 5 N–H and O–H groups in total. The minimum Gasteiger partial charge on any atom is -0.359 e. The van der Waals surface area contributed by atoms with Crippen molar-refractivity contribution in [3.05, 3.63) is 113 Å². The number of carbonyl (C=O) groups excluding carboxylic acids is 3. The van der Waals surface area contributed by atoms with Crippen LogP contribution in [0.25, 0.3) is 23.1 Å². The predicted molar refractivity (Wildman–Crippen MR) is 186 cm³/mol. The summed E-state index contributed by atoms with van der Waals surface area (Å²) >= 11 is 0. The minimum absolute atomic E-state index is 0.279. The van der Waals surface area contributed by atoms with Gasteiger partial charge in [-0.25, -0.2) is 0 Å². The van der Waals surface area contributed by atoms with E-state index in [4.69, 9.17) is 5.26 Å². The van der Waals surface area contributed by atoms with E-state index in [9.17, 15) is 14.4 Å². The lowest BCUT2D eigenvalue weighted by Gasteiger charge is -2.09. The molecule has 0 saturated carbocycles. The Hall–Kier alpha value is -6.68. The van der Waals surface area contributed by atoms with Gasteiger partial charge in [0.15, 0.2) is 0 Å². The molecule has 0 aliphatic carbocycles. The highest BCUT2D eigenvalue weighted by Gasteiger charge is 2.17. The Kier molecular flexibility index (Phi) is 10.3. The van der Waals surface area contributed by atoms with E-state index in [1.807, 2.05) is 54.7 Å². The number of para-hydroxylation sites is 1. The quantitative estimate of drug-likeness (QED) is 0.0664. The number of nitrogens with one attached hydrogen (secondary N) is 5. The molecule has 2 aromatic carbocycles. The molecule has 0 unspecified atom stereocenters. The molecule has 13 heteroatoms. The lowest BCUT2D eigenvalue weighted by molar-refractivity contribution is 0.0944. The Morgan fingerprint density at radius 1 is 0.812 bits per heavy atom. The number of nitriles is 1. The van der Waals surface area contributed by atoms with Crippen LogP contribution in [0, 0.1) is 11.5 Å². The van der Waals surface area contributed by atoms with Crippen LogP contribution in [0.2, 0.25) is 0 Å². The van der Waals surface area contributed by atoms with Crippen molar-refractivity contribution in [3.63, 3.8) is 0 Å². The van der Waals surface area contributed by atoms with E-state index >= 15 is 0 Å². The van der Waals surface area contributed by atoms with Gasteiger partial charge in [0.1, 0.15) is 11.4 Å². The number of amides is 3. The maximum atomic E-state index is 13.1. The fourth-order valence-electron chi connectivity index (χ4n) is 4.91. The van der Waals surface area contributed by atoms with Crippen LogP contribution >= 0.6 is 0 Å². The molecule has 0 aliphatic rings. The number of fused-ring (bicyclic) bond motifs is 1. The number of guanidine groups is 1. The number of aryl methyl sites for hydroxylation is 2. The third kappa shape index (κ3) is 8.12. The SMILES string of the molecule is CNC(=NC#N)NCCNC(=O)c1cc(NC(=O)c2cc(NC(=O)c3ccc(/C=C/c4cnc5ccccc5c4)cc3)cn2C)cn1C. The second-order valence-corrected chi connectivity index (χ2v) is 10.8. The number of hydrogen-bond donors (Lipinski definition) is 5. The third-order valence-electron chi connectivity index (χ3n) is 7.35. The Morgan fingerprint density at radius 3 is 2.12 bits per heavy atom. The molecule has 0 fully saturated rings. The molecule has 0 atom stereocenters. The Labute approximate surface area is 277 Å². The molecule has 3 heterocycles. The van der Waals surface area contributed by atoms with Gasteiger partial charge in [0.05, 0.1) is 16.9 Å². The number of aromatic nitrogens is 3. The third-order valence-corrected chi connectivity index (χ3v) is 7.35. The number of hydrogen-bond acceptors (Lipinski definition) is 6. The lowest BCUT2D eigenvalue weighted by Crippen LogP contribution is -2.40. The fraction of sp³-hybridized carbons (Fsp3) is 0.143. The highest BCUT2D eigenvalue weighted by atomic mass is 16.2. The van der Waals surface area contributed by atoms with Gasteiger partial charge >= 0.3 is 0 Å². The molecule has 5 aromatic rings. The summed E-state index contributed by atoms with van der Waals surface area (Å²) in [4.78, 5) is 46.8. The average Bonchev–Trinajstić information content (AvgIpc) is 3.65. The summed E-state index contributed by atoms with van der Waals surface area (Å²) in [6, 6.07) is 20.4. The highest BCUT2D eigenvalue weighted by Crippen LogP contribution is 2.19. The molecule has 0 bridgehead atoms. The van der Waals surface area contributed by atoms with Crippen LogP contribution in [0.3, 0.4) is 0 Å². The van der Waals surface area contributed by atoms with E-state index in [1.54, 1.807) is 73.1 Å². The molecule has 0 radical (unpaired) electrons. The van der Waals surface area contributed by atoms with Crippen molar-refractivity contribution in [2.75, 3.05) is 30.8 Å². The maximum absolute atomic E-state index is 13.1. The van der Waals surface area contributed by atoms with Gasteiger partial charge in [-0.05, 0) is 47.5 Å². The van der Waals surface area contributed by atoms with Crippen LogP contribution in [-0.2, 0) is 14.1 Å². The Balaban J connectivity index is 1.15. The molecule has 3 aromatic heterocycles. The van der Waals surface area contributed by atoms with Crippen molar-refractivity contribution >= 4 is 58.1 Å². The van der Waals surface area contributed by atoms with Crippen molar-refractivity contribution in [1.29, 1.82) is 5.26 Å². The first kappa shape index (κ1) is 32.7. The summed E-state index contributed by atoms with van der Waals surface area (Å²) in [6.45, 7) is 0.627. The summed E-state index contributed by atoms with van der Waals surface area (Å²) in [5, 5.41) is 23.8. The van der Waals surface area contributed by atoms with Crippen molar-refractivity contribution in [3.8, 4) is 6.19 Å². The van der Waals surface area contributed by atoms with Crippen LogP contribution in [-0.4, -0.2) is 57.9 Å². The van der Waals surface area contributed by atoms with Gasteiger partial charge in [-0.3, -0.25) is 19.4 Å². The molecular weight excluding hydrogens is 608 g/mol. The zero-order valence-corrected chi connectivity index (χ0v) is 26.6. The molecular formula is C35H34N10O3. The number of nitrogens with zero attached hydrogens (tertiary/aromatic N) is 5. The van der Waals surface area contributed by atoms with Crippen molar-refractivity contribution in [1.82, 2.24) is 30.1 Å². The second kappa shape index (κ2) is 15.1. The zero-order valence-electron chi connectivity index (χ0n) is 26.6. The number of carbonyl (C=O) groups is 3. The molecule has 0 aliphatic heterocycles. The van der Waals surface area contributed by atoms with E-state index in [0.717, 1.165) is 22.0 Å². The van der Waals surface area contributed by atoms with E-state index in [1.165, 1.54) is 0 Å². The average molecular weight is 643 g/mol. The highest BCUT2D eigenvalue weighted by molar-refractivity contribution is 6.07. The first-order chi connectivity index (χ1) is 23.2. The number of aliphatic imine (C=N–C) groups is 1. The molecule has 13 nitrogen and oxygen atoms in total. The monoisotopic (exact) mass is 642 g/mol. The topological polar surface area (TPSA) is 170 Å². The van der Waals surface area contributed by atoms with Gasteiger partial charge in [0, 0.05) is 63.8 Å². The molecule has 0 saturated heterocycles. The summed E-state index contributed by atoms with van der Waals surface area (Å²) in [5.41, 5.74) is 4.88. The maximum Gasteiger partial charge on any atom is 0.272 e. The van der Waals surface area contributed by atoms with Gasteiger partial charge < -0.3 is 35.7 Å². The summed E-state index contributed by atoms with van der Waals surface area (Å²) in [5.74, 6) is -0.754. The van der Waals surface area contributed by atoms with Crippen LogP contribution in [0.15, 0.2) is 90.3 Å². The van der Waals surface area contributed by atoms with Crippen LogP contribution < -0.4 is 26.6 Å².